The van der Waals surface area contributed by atoms with Crippen molar-refractivity contribution in [3.05, 3.63) is 118 Å². The molecular formula is C48H60N8O8. The van der Waals surface area contributed by atoms with E-state index in [-0.39, 0.29) is 71.6 Å². The predicted octanol–water partition coefficient (Wildman–Crippen LogP) is 3.13. The van der Waals surface area contributed by atoms with Crippen molar-refractivity contribution in [3.63, 3.8) is 0 Å². The normalized spacial score (nSPS) is 13.9. The van der Waals surface area contributed by atoms with E-state index in [1.165, 1.54) is 0 Å². The third-order valence-electron chi connectivity index (χ3n) is 10.9. The fourth-order valence-electron chi connectivity index (χ4n) is 7.74. The first kappa shape index (κ1) is 48.3. The number of carbonyl (C=O) groups excluding carboxylic acids is 6. The highest BCUT2D eigenvalue weighted by Crippen LogP contribution is 2.42. The van der Waals surface area contributed by atoms with Gasteiger partial charge in [-0.3, -0.25) is 28.8 Å². The molecule has 16 nitrogen and oxygen atoms in total. The van der Waals surface area contributed by atoms with Crippen LogP contribution < -0.4 is 43.4 Å². The van der Waals surface area contributed by atoms with Crippen LogP contribution in [0.2, 0.25) is 0 Å². The molecule has 0 bridgehead atoms. The van der Waals surface area contributed by atoms with Crippen molar-refractivity contribution in [2.24, 2.45) is 23.3 Å². The van der Waals surface area contributed by atoms with Crippen LogP contribution in [0.3, 0.4) is 0 Å². The van der Waals surface area contributed by atoms with Crippen LogP contribution in [0.15, 0.2) is 84.9 Å². The van der Waals surface area contributed by atoms with Gasteiger partial charge in [0.25, 0.3) is 0 Å². The van der Waals surface area contributed by atoms with Crippen molar-refractivity contribution in [3.8, 4) is 11.5 Å². The quantitative estimate of drug-likeness (QED) is 0.0317. The van der Waals surface area contributed by atoms with E-state index in [9.17, 15) is 39.0 Å². The maximum absolute atomic E-state index is 14.3. The second-order valence-electron chi connectivity index (χ2n) is 16.9. The largest absolute Gasteiger partial charge is 0.507 e. The van der Waals surface area contributed by atoms with Gasteiger partial charge in [0.1, 0.15) is 23.6 Å². The van der Waals surface area contributed by atoms with Gasteiger partial charge in [0.15, 0.2) is 0 Å². The molecule has 0 saturated heterocycles. The Bertz CT molecular complexity index is 2140. The van der Waals surface area contributed by atoms with Crippen LogP contribution in [0.4, 0.5) is 11.4 Å². The standard InChI is InChI=1S/C48H60N8O8/c1-27(2)23-33(45(49)61)55-47(63)35(25-29-11-7-5-8-12-29)53-21-19-51-31-15-16-32(40-39(31)43(59)41-37(57)17-18-38(58)42(41)44(40)60)52-20-22-54-36(26-30-13-9-6-10-14-30)48(64)56-34(46(50)62)24-28(3)4/h5-18,27-28,33-36,51-54,57-58H,19-26H2,1-4H3,(H2,49,61)(H2,50,62)(H,55,63)(H,56,64)/t33-,34-,35-,36-/m0/s1. The fraction of sp³-hybridized carbons (Fsp3) is 0.375. The molecule has 0 unspecified atom stereocenters. The number of fused-ring (bicyclic) bond motifs is 2. The van der Waals surface area contributed by atoms with Crippen LogP contribution >= 0.6 is 0 Å². The van der Waals surface area contributed by atoms with E-state index in [1.54, 1.807) is 12.1 Å². The van der Waals surface area contributed by atoms with Gasteiger partial charge in [0, 0.05) is 37.6 Å². The molecule has 4 aromatic carbocycles. The summed E-state index contributed by atoms with van der Waals surface area (Å²) in [4.78, 5) is 80.1. The molecule has 4 atom stereocenters. The number of ketones is 2. The first-order chi connectivity index (χ1) is 30.5. The van der Waals surface area contributed by atoms with Crippen molar-refractivity contribution < 1.29 is 39.0 Å². The Morgan fingerprint density at radius 2 is 0.859 bits per heavy atom. The first-order valence-electron chi connectivity index (χ1n) is 21.6. The third-order valence-corrected chi connectivity index (χ3v) is 10.9. The van der Waals surface area contributed by atoms with E-state index in [0.717, 1.165) is 23.3 Å². The minimum Gasteiger partial charge on any atom is -0.507 e. The summed E-state index contributed by atoms with van der Waals surface area (Å²) in [6, 6.07) is 21.1. The van der Waals surface area contributed by atoms with Crippen molar-refractivity contribution in [1.82, 2.24) is 21.3 Å². The first-order valence-corrected chi connectivity index (χ1v) is 21.6. The van der Waals surface area contributed by atoms with E-state index < -0.39 is 70.9 Å². The topological polar surface area (TPSA) is 267 Å². The number of benzene rings is 4. The molecule has 0 spiro atoms. The fourth-order valence-corrected chi connectivity index (χ4v) is 7.74. The monoisotopic (exact) mass is 876 g/mol. The van der Waals surface area contributed by atoms with E-state index >= 15 is 0 Å². The lowest BCUT2D eigenvalue weighted by atomic mass is 9.81. The average molecular weight is 877 g/mol. The highest BCUT2D eigenvalue weighted by Gasteiger charge is 2.38. The van der Waals surface area contributed by atoms with Crippen LogP contribution in [0, 0.1) is 11.8 Å². The number of nitrogens with two attached hydrogens (primary N) is 2. The molecule has 1 aliphatic carbocycles. The number of primary amides is 2. The number of hydrogen-bond acceptors (Lipinski definition) is 12. The smallest absolute Gasteiger partial charge is 0.240 e. The molecule has 0 fully saturated rings. The minimum atomic E-state index is -0.853. The Hall–Kier alpha value is -6.78. The van der Waals surface area contributed by atoms with Gasteiger partial charge < -0.3 is 53.6 Å². The summed E-state index contributed by atoms with van der Waals surface area (Å²) in [5, 5.41) is 40.1. The summed E-state index contributed by atoms with van der Waals surface area (Å²) in [6.07, 6.45) is 1.36. The van der Waals surface area contributed by atoms with Crippen molar-refractivity contribution in [1.29, 1.82) is 0 Å². The molecular weight excluding hydrogens is 817 g/mol. The minimum absolute atomic E-state index is 0.0306. The molecule has 0 aliphatic heterocycles. The molecule has 0 aromatic heterocycles. The summed E-state index contributed by atoms with van der Waals surface area (Å²) >= 11 is 0. The number of phenolic OH excluding ortho intramolecular Hbond substituents is 2. The lowest BCUT2D eigenvalue weighted by Gasteiger charge is -2.26. The number of aromatic hydroxyl groups is 2. The number of anilines is 2. The lowest BCUT2D eigenvalue weighted by molar-refractivity contribution is -0.129. The molecule has 16 heteroatoms. The predicted molar refractivity (Wildman–Crippen MR) is 245 cm³/mol. The third kappa shape index (κ3) is 12.7. The molecule has 64 heavy (non-hydrogen) atoms. The van der Waals surface area contributed by atoms with Crippen LogP contribution in [0.1, 0.15) is 83.5 Å². The zero-order valence-electron chi connectivity index (χ0n) is 36.7. The molecule has 4 aromatic rings. The van der Waals surface area contributed by atoms with Crippen molar-refractivity contribution >= 4 is 46.6 Å². The molecule has 0 saturated carbocycles. The summed E-state index contributed by atoms with van der Waals surface area (Å²) < 4.78 is 0. The lowest BCUT2D eigenvalue weighted by Crippen LogP contribution is -2.53. The maximum Gasteiger partial charge on any atom is 0.240 e. The molecule has 4 amide bonds. The summed E-state index contributed by atoms with van der Waals surface area (Å²) in [6.45, 7) is 8.47. The molecule has 340 valence electrons. The van der Waals surface area contributed by atoms with Gasteiger partial charge in [0.2, 0.25) is 35.2 Å². The zero-order valence-corrected chi connectivity index (χ0v) is 36.7. The molecule has 1 aliphatic rings. The van der Waals surface area contributed by atoms with Gasteiger partial charge in [-0.2, -0.15) is 0 Å². The Labute approximate surface area is 373 Å². The van der Waals surface area contributed by atoms with Crippen molar-refractivity contribution in [2.45, 2.75) is 77.5 Å². The van der Waals surface area contributed by atoms with E-state index in [0.29, 0.717) is 25.7 Å². The zero-order chi connectivity index (χ0) is 46.5. The average Bonchev–Trinajstić information content (AvgIpc) is 3.25. The number of carbonyl (C=O) groups is 6. The summed E-state index contributed by atoms with van der Waals surface area (Å²) in [7, 11) is 0. The summed E-state index contributed by atoms with van der Waals surface area (Å²) in [5.41, 5.74) is 12.8. The summed E-state index contributed by atoms with van der Waals surface area (Å²) in [5.74, 6) is -4.19. The number of nitrogens with one attached hydrogen (secondary N) is 6. The van der Waals surface area contributed by atoms with E-state index in [2.05, 4.69) is 31.9 Å². The van der Waals surface area contributed by atoms with E-state index in [1.807, 2.05) is 88.4 Å². The second kappa shape index (κ2) is 22.5. The SMILES string of the molecule is CC(C)C[C@H](NC(=O)[C@H](Cc1ccccc1)NCCNc1ccc(NCCN[C@@H](Cc2ccccc2)C(=O)N[C@@H](CC(C)C)C(N)=O)c2c1C(=O)c1c(O)ccc(O)c1C2=O)C(N)=O. The van der Waals surface area contributed by atoms with Crippen LogP contribution in [0.5, 0.6) is 11.5 Å². The Morgan fingerprint density at radius 1 is 0.500 bits per heavy atom. The Balaban J connectivity index is 1.35. The number of amides is 4. The van der Waals surface area contributed by atoms with Gasteiger partial charge in [-0.1, -0.05) is 88.4 Å². The number of hydrogen-bond donors (Lipinski definition) is 10. The Kier molecular flexibility index (Phi) is 17.0. The second-order valence-corrected chi connectivity index (χ2v) is 16.9. The maximum atomic E-state index is 14.3. The highest BCUT2D eigenvalue weighted by atomic mass is 16.3. The van der Waals surface area contributed by atoms with Gasteiger partial charge >= 0.3 is 0 Å². The van der Waals surface area contributed by atoms with Gasteiger partial charge in [-0.25, -0.2) is 0 Å². The Morgan fingerprint density at radius 3 is 1.19 bits per heavy atom. The highest BCUT2D eigenvalue weighted by molar-refractivity contribution is 6.33. The molecule has 12 N–H and O–H groups in total. The van der Waals surface area contributed by atoms with Crippen LogP contribution in [0.25, 0.3) is 0 Å². The van der Waals surface area contributed by atoms with Crippen LogP contribution in [-0.2, 0) is 32.0 Å². The molecule has 0 heterocycles. The van der Waals surface area contributed by atoms with Gasteiger partial charge in [-0.15, -0.1) is 0 Å². The van der Waals surface area contributed by atoms with Gasteiger partial charge in [-0.05, 0) is 72.9 Å². The van der Waals surface area contributed by atoms with Crippen molar-refractivity contribution in [2.75, 3.05) is 36.8 Å². The van der Waals surface area contributed by atoms with E-state index in [4.69, 9.17) is 11.5 Å². The molecule has 0 radical (unpaired) electrons. The van der Waals surface area contributed by atoms with Gasteiger partial charge in [0.05, 0.1) is 34.3 Å². The van der Waals surface area contributed by atoms with Crippen LogP contribution in [-0.4, -0.2) is 95.8 Å². The number of phenols is 2. The molecule has 5 rings (SSSR count). The number of rotatable bonds is 24.